The van der Waals surface area contributed by atoms with Crippen molar-refractivity contribution in [3.63, 3.8) is 0 Å². The van der Waals surface area contributed by atoms with E-state index >= 15 is 0 Å². The standard InChI is InChI=1S/C16H20N2/c1-9-7-13(8-10(2)16(9)18)14-5-6-15(17)12(4)11(14)3/h5-8H,17-18H2,1-4H3. The van der Waals surface area contributed by atoms with Gasteiger partial charge in [-0.15, -0.1) is 0 Å². The molecule has 0 fully saturated rings. The third-order valence-corrected chi connectivity index (χ3v) is 3.73. The van der Waals surface area contributed by atoms with Crippen molar-refractivity contribution in [2.45, 2.75) is 27.7 Å². The topological polar surface area (TPSA) is 52.0 Å². The molecule has 0 spiro atoms. The molecule has 18 heavy (non-hydrogen) atoms. The summed E-state index contributed by atoms with van der Waals surface area (Å²) in [7, 11) is 0. The van der Waals surface area contributed by atoms with Crippen LogP contribution in [-0.2, 0) is 0 Å². The highest BCUT2D eigenvalue weighted by atomic mass is 14.6. The highest BCUT2D eigenvalue weighted by Gasteiger charge is 2.09. The summed E-state index contributed by atoms with van der Waals surface area (Å²) in [5.74, 6) is 0. The van der Waals surface area contributed by atoms with Gasteiger partial charge >= 0.3 is 0 Å². The largest absolute Gasteiger partial charge is 0.399 e. The average molecular weight is 240 g/mol. The van der Waals surface area contributed by atoms with Crippen molar-refractivity contribution in [1.29, 1.82) is 0 Å². The van der Waals surface area contributed by atoms with E-state index in [2.05, 4.69) is 32.0 Å². The van der Waals surface area contributed by atoms with Crippen LogP contribution in [0.15, 0.2) is 24.3 Å². The summed E-state index contributed by atoms with van der Waals surface area (Å²) >= 11 is 0. The molecule has 2 aromatic carbocycles. The molecule has 2 aromatic rings. The van der Waals surface area contributed by atoms with Gasteiger partial charge in [-0.1, -0.05) is 6.07 Å². The van der Waals surface area contributed by atoms with Gasteiger partial charge in [0.25, 0.3) is 0 Å². The van der Waals surface area contributed by atoms with E-state index in [1.54, 1.807) is 0 Å². The van der Waals surface area contributed by atoms with E-state index in [4.69, 9.17) is 11.5 Å². The lowest BCUT2D eigenvalue weighted by Crippen LogP contribution is -1.97. The van der Waals surface area contributed by atoms with Crippen molar-refractivity contribution >= 4 is 11.4 Å². The molecule has 0 radical (unpaired) electrons. The maximum Gasteiger partial charge on any atom is 0.0373 e. The molecule has 0 saturated heterocycles. The van der Waals surface area contributed by atoms with E-state index in [1.807, 2.05) is 19.9 Å². The van der Waals surface area contributed by atoms with E-state index in [0.29, 0.717) is 0 Å². The van der Waals surface area contributed by atoms with E-state index in [9.17, 15) is 0 Å². The summed E-state index contributed by atoms with van der Waals surface area (Å²) in [6, 6.07) is 8.33. The lowest BCUT2D eigenvalue weighted by atomic mass is 9.93. The molecule has 0 heterocycles. The molecule has 0 saturated carbocycles. The highest BCUT2D eigenvalue weighted by molar-refractivity contribution is 5.75. The number of hydrogen-bond donors (Lipinski definition) is 2. The van der Waals surface area contributed by atoms with Crippen molar-refractivity contribution in [3.8, 4) is 11.1 Å². The Kier molecular flexibility index (Phi) is 3.04. The Bertz CT molecular complexity index is 590. The molecule has 0 aliphatic rings. The second-order valence-electron chi connectivity index (χ2n) is 4.98. The van der Waals surface area contributed by atoms with Gasteiger partial charge < -0.3 is 11.5 Å². The fraction of sp³-hybridized carbons (Fsp3) is 0.250. The second kappa shape index (κ2) is 4.37. The van der Waals surface area contributed by atoms with Gasteiger partial charge in [-0.05, 0) is 79.3 Å². The molecule has 0 bridgehead atoms. The Hall–Kier alpha value is -1.96. The van der Waals surface area contributed by atoms with Gasteiger partial charge in [-0.25, -0.2) is 0 Å². The third kappa shape index (κ3) is 1.94. The molecule has 4 N–H and O–H groups in total. The molecule has 0 aliphatic carbocycles. The molecule has 94 valence electrons. The molecule has 2 rings (SSSR count). The minimum absolute atomic E-state index is 0.847. The zero-order valence-electron chi connectivity index (χ0n) is 11.5. The lowest BCUT2D eigenvalue weighted by molar-refractivity contribution is 1.33. The summed E-state index contributed by atoms with van der Waals surface area (Å²) in [6.45, 7) is 8.27. The van der Waals surface area contributed by atoms with E-state index in [-0.39, 0.29) is 0 Å². The van der Waals surface area contributed by atoms with Gasteiger partial charge in [0.05, 0.1) is 0 Å². The molecule has 0 unspecified atom stereocenters. The molecule has 0 aliphatic heterocycles. The summed E-state index contributed by atoms with van der Waals surface area (Å²) < 4.78 is 0. The highest BCUT2D eigenvalue weighted by Crippen LogP contribution is 2.31. The van der Waals surface area contributed by atoms with Gasteiger partial charge in [0, 0.05) is 11.4 Å². The van der Waals surface area contributed by atoms with Crippen molar-refractivity contribution in [2.24, 2.45) is 0 Å². The summed E-state index contributed by atoms with van der Waals surface area (Å²) in [6.07, 6.45) is 0. The summed E-state index contributed by atoms with van der Waals surface area (Å²) in [4.78, 5) is 0. The van der Waals surface area contributed by atoms with Gasteiger partial charge in [0.2, 0.25) is 0 Å². The first-order chi connectivity index (χ1) is 8.41. The van der Waals surface area contributed by atoms with Crippen LogP contribution in [0.1, 0.15) is 22.3 Å². The molecular formula is C16H20N2. The first-order valence-electron chi connectivity index (χ1n) is 6.14. The first kappa shape index (κ1) is 12.5. The lowest BCUT2D eigenvalue weighted by Gasteiger charge is -2.14. The first-order valence-corrected chi connectivity index (χ1v) is 6.14. The predicted molar refractivity (Wildman–Crippen MR) is 79.7 cm³/mol. The van der Waals surface area contributed by atoms with E-state index in [1.165, 1.54) is 16.7 Å². The van der Waals surface area contributed by atoms with Gasteiger partial charge in [-0.3, -0.25) is 0 Å². The molecule has 2 heteroatoms. The van der Waals surface area contributed by atoms with Crippen LogP contribution in [0.5, 0.6) is 0 Å². The van der Waals surface area contributed by atoms with Crippen LogP contribution < -0.4 is 11.5 Å². The Morgan fingerprint density at radius 3 is 1.89 bits per heavy atom. The number of aryl methyl sites for hydroxylation is 2. The predicted octanol–water partition coefficient (Wildman–Crippen LogP) is 3.75. The number of rotatable bonds is 1. The van der Waals surface area contributed by atoms with Crippen LogP contribution in [0, 0.1) is 27.7 Å². The number of hydrogen-bond acceptors (Lipinski definition) is 2. The fourth-order valence-electron chi connectivity index (χ4n) is 2.28. The second-order valence-corrected chi connectivity index (χ2v) is 4.98. The molecular weight excluding hydrogens is 220 g/mol. The van der Waals surface area contributed by atoms with Crippen LogP contribution in [0.2, 0.25) is 0 Å². The Morgan fingerprint density at radius 1 is 0.778 bits per heavy atom. The smallest absolute Gasteiger partial charge is 0.0373 e. The van der Waals surface area contributed by atoms with Gasteiger partial charge in [-0.2, -0.15) is 0 Å². The number of anilines is 2. The SMILES string of the molecule is Cc1cc(-c2ccc(N)c(C)c2C)cc(C)c1N. The maximum absolute atomic E-state index is 6.00. The van der Waals surface area contributed by atoms with Gasteiger partial charge in [0.15, 0.2) is 0 Å². The van der Waals surface area contributed by atoms with Crippen molar-refractivity contribution in [1.82, 2.24) is 0 Å². The summed E-state index contributed by atoms with van der Waals surface area (Å²) in [5, 5.41) is 0. The average Bonchev–Trinajstić information content (AvgIpc) is 2.33. The fourth-order valence-corrected chi connectivity index (χ4v) is 2.28. The number of nitrogen functional groups attached to an aromatic ring is 2. The molecule has 0 atom stereocenters. The Morgan fingerprint density at radius 2 is 1.33 bits per heavy atom. The van der Waals surface area contributed by atoms with Crippen LogP contribution in [0.25, 0.3) is 11.1 Å². The third-order valence-electron chi connectivity index (χ3n) is 3.73. The van der Waals surface area contributed by atoms with Crippen molar-refractivity contribution in [3.05, 3.63) is 46.5 Å². The molecule has 0 amide bonds. The summed E-state index contributed by atoms with van der Waals surface area (Å²) in [5.41, 5.74) is 20.7. The number of nitrogens with two attached hydrogens (primary N) is 2. The van der Waals surface area contributed by atoms with Crippen LogP contribution in [0.3, 0.4) is 0 Å². The van der Waals surface area contributed by atoms with Crippen LogP contribution >= 0.6 is 0 Å². The minimum atomic E-state index is 0.847. The zero-order valence-corrected chi connectivity index (χ0v) is 11.5. The molecule has 0 aromatic heterocycles. The number of benzene rings is 2. The monoisotopic (exact) mass is 240 g/mol. The van der Waals surface area contributed by atoms with Crippen molar-refractivity contribution < 1.29 is 0 Å². The van der Waals surface area contributed by atoms with Crippen molar-refractivity contribution in [2.75, 3.05) is 11.5 Å². The quantitative estimate of drug-likeness (QED) is 0.746. The Labute approximate surface area is 109 Å². The minimum Gasteiger partial charge on any atom is -0.399 e. The maximum atomic E-state index is 6.00. The van der Waals surface area contributed by atoms with Crippen LogP contribution in [0.4, 0.5) is 11.4 Å². The molecule has 2 nitrogen and oxygen atoms in total. The van der Waals surface area contributed by atoms with E-state index in [0.717, 1.165) is 28.1 Å². The van der Waals surface area contributed by atoms with E-state index < -0.39 is 0 Å². The van der Waals surface area contributed by atoms with Gasteiger partial charge in [0.1, 0.15) is 0 Å². The Balaban J connectivity index is 2.67. The normalized spacial score (nSPS) is 10.7. The zero-order chi connectivity index (χ0) is 13.4. The van der Waals surface area contributed by atoms with Crippen LogP contribution in [-0.4, -0.2) is 0 Å².